The van der Waals surface area contributed by atoms with E-state index >= 15 is 0 Å². The topological polar surface area (TPSA) is 63.2 Å². The summed E-state index contributed by atoms with van der Waals surface area (Å²) >= 11 is 0. The molecular weight excluding hydrogens is 278 g/mol. The molecule has 0 saturated carbocycles. The Hall–Kier alpha value is -2.05. The molecule has 1 saturated heterocycles. The second-order valence-electron chi connectivity index (χ2n) is 5.32. The van der Waals surface area contributed by atoms with E-state index in [0.717, 1.165) is 44.4 Å². The highest BCUT2D eigenvalue weighted by Crippen LogP contribution is 2.22. The van der Waals surface area contributed by atoms with E-state index in [-0.39, 0.29) is 6.04 Å². The van der Waals surface area contributed by atoms with Crippen molar-refractivity contribution >= 4 is 5.82 Å². The van der Waals surface area contributed by atoms with Crippen LogP contribution in [0.25, 0.3) is 0 Å². The molecule has 0 aromatic carbocycles. The van der Waals surface area contributed by atoms with Crippen molar-refractivity contribution in [3.8, 4) is 0 Å². The third-order valence-electron chi connectivity index (χ3n) is 3.92. The van der Waals surface area contributed by atoms with Crippen LogP contribution in [-0.2, 0) is 4.74 Å². The van der Waals surface area contributed by atoms with Crippen LogP contribution in [0.3, 0.4) is 0 Å². The lowest BCUT2D eigenvalue weighted by Gasteiger charge is -2.35. The van der Waals surface area contributed by atoms with E-state index in [1.807, 2.05) is 19.3 Å². The van der Waals surface area contributed by atoms with E-state index in [1.165, 1.54) is 5.56 Å². The highest BCUT2D eigenvalue weighted by Gasteiger charge is 2.22. The van der Waals surface area contributed by atoms with Gasteiger partial charge < -0.3 is 10.1 Å². The van der Waals surface area contributed by atoms with Crippen LogP contribution in [0.5, 0.6) is 0 Å². The van der Waals surface area contributed by atoms with Gasteiger partial charge in [-0.2, -0.15) is 0 Å². The van der Waals surface area contributed by atoms with Crippen molar-refractivity contribution in [2.45, 2.75) is 13.0 Å². The van der Waals surface area contributed by atoms with Gasteiger partial charge in [0, 0.05) is 44.4 Å². The molecule has 1 N–H and O–H groups in total. The molecule has 0 spiro atoms. The molecule has 1 fully saturated rings. The summed E-state index contributed by atoms with van der Waals surface area (Å²) in [6.07, 6.45) is 7.11. The van der Waals surface area contributed by atoms with Crippen LogP contribution < -0.4 is 5.32 Å². The maximum absolute atomic E-state index is 5.47. The molecule has 6 nitrogen and oxygen atoms in total. The first-order valence-corrected chi connectivity index (χ1v) is 7.58. The number of hydrogen-bond acceptors (Lipinski definition) is 6. The molecule has 1 aliphatic heterocycles. The van der Waals surface area contributed by atoms with E-state index in [9.17, 15) is 0 Å². The van der Waals surface area contributed by atoms with Crippen LogP contribution in [0.15, 0.2) is 36.9 Å². The molecule has 0 amide bonds. The minimum Gasteiger partial charge on any atom is -0.379 e. The molecule has 2 aromatic rings. The Morgan fingerprint density at radius 1 is 1.14 bits per heavy atom. The standard InChI is InChI=1S/C16H21N5O/c1-13-16(19-7-6-18-13)20-12-15(14-2-4-17-5-3-14)21-8-10-22-11-9-21/h2-7,15H,8-12H2,1H3,(H,19,20). The van der Waals surface area contributed by atoms with E-state index in [4.69, 9.17) is 4.74 Å². The number of rotatable bonds is 5. The van der Waals surface area contributed by atoms with E-state index in [0.29, 0.717) is 0 Å². The van der Waals surface area contributed by atoms with Crippen LogP contribution in [0.2, 0.25) is 0 Å². The Bertz CT molecular complexity index is 586. The zero-order chi connectivity index (χ0) is 15.2. The van der Waals surface area contributed by atoms with Crippen LogP contribution >= 0.6 is 0 Å². The molecule has 1 aliphatic rings. The van der Waals surface area contributed by atoms with Crippen molar-refractivity contribution in [3.05, 3.63) is 48.2 Å². The summed E-state index contributed by atoms with van der Waals surface area (Å²) in [5.41, 5.74) is 2.17. The molecule has 0 radical (unpaired) electrons. The number of nitrogens with zero attached hydrogens (tertiary/aromatic N) is 4. The summed E-state index contributed by atoms with van der Waals surface area (Å²) in [4.78, 5) is 15.2. The fourth-order valence-electron chi connectivity index (χ4n) is 2.71. The Balaban J connectivity index is 1.75. The normalized spacial score (nSPS) is 17.1. The SMILES string of the molecule is Cc1nccnc1NCC(c1ccncc1)N1CCOCC1. The largest absolute Gasteiger partial charge is 0.379 e. The monoisotopic (exact) mass is 299 g/mol. The second kappa shape index (κ2) is 7.29. The van der Waals surface area contributed by atoms with Crippen molar-refractivity contribution in [1.29, 1.82) is 0 Å². The maximum Gasteiger partial charge on any atom is 0.147 e. The Labute approximate surface area is 130 Å². The number of anilines is 1. The second-order valence-corrected chi connectivity index (χ2v) is 5.32. The van der Waals surface area contributed by atoms with Gasteiger partial charge in [-0.25, -0.2) is 4.98 Å². The smallest absolute Gasteiger partial charge is 0.147 e. The zero-order valence-corrected chi connectivity index (χ0v) is 12.8. The molecule has 1 atom stereocenters. The number of aryl methyl sites for hydroxylation is 1. The predicted octanol–water partition coefficient (Wildman–Crippen LogP) is 1.67. The van der Waals surface area contributed by atoms with Gasteiger partial charge >= 0.3 is 0 Å². The minimum atomic E-state index is 0.272. The van der Waals surface area contributed by atoms with Gasteiger partial charge in [-0.05, 0) is 24.6 Å². The summed E-state index contributed by atoms with van der Waals surface area (Å²) in [5.74, 6) is 0.842. The van der Waals surface area contributed by atoms with E-state index in [1.54, 1.807) is 12.4 Å². The lowest BCUT2D eigenvalue weighted by Crippen LogP contribution is -2.41. The molecule has 3 rings (SSSR count). The molecule has 0 aliphatic carbocycles. The number of ether oxygens (including phenoxy) is 1. The molecule has 116 valence electrons. The molecule has 2 aromatic heterocycles. The van der Waals surface area contributed by atoms with Crippen LogP contribution in [-0.4, -0.2) is 52.7 Å². The Morgan fingerprint density at radius 2 is 1.86 bits per heavy atom. The average Bonchev–Trinajstić information content (AvgIpc) is 2.59. The first-order valence-electron chi connectivity index (χ1n) is 7.58. The summed E-state index contributed by atoms with van der Waals surface area (Å²) in [6.45, 7) is 6.19. The third kappa shape index (κ3) is 3.58. The number of aromatic nitrogens is 3. The maximum atomic E-state index is 5.47. The lowest BCUT2D eigenvalue weighted by molar-refractivity contribution is 0.0187. The van der Waals surface area contributed by atoms with Crippen LogP contribution in [0.4, 0.5) is 5.82 Å². The fourth-order valence-corrected chi connectivity index (χ4v) is 2.71. The van der Waals surface area contributed by atoms with Crippen LogP contribution in [0, 0.1) is 6.92 Å². The zero-order valence-electron chi connectivity index (χ0n) is 12.8. The van der Waals surface area contributed by atoms with Gasteiger partial charge in [0.2, 0.25) is 0 Å². The fraction of sp³-hybridized carbons (Fsp3) is 0.438. The summed E-state index contributed by atoms with van der Waals surface area (Å²) in [6, 6.07) is 4.42. The van der Waals surface area contributed by atoms with E-state index < -0.39 is 0 Å². The molecule has 0 bridgehead atoms. The molecule has 1 unspecified atom stereocenters. The highest BCUT2D eigenvalue weighted by atomic mass is 16.5. The molecule has 3 heterocycles. The van der Waals surface area contributed by atoms with Gasteiger partial charge in [-0.1, -0.05) is 0 Å². The molecular formula is C16H21N5O. The summed E-state index contributed by atoms with van der Waals surface area (Å²) in [7, 11) is 0. The van der Waals surface area contributed by atoms with Gasteiger partial charge in [0.15, 0.2) is 0 Å². The van der Waals surface area contributed by atoms with Crippen molar-refractivity contribution in [1.82, 2.24) is 19.9 Å². The van der Waals surface area contributed by atoms with Gasteiger partial charge in [-0.3, -0.25) is 14.9 Å². The minimum absolute atomic E-state index is 0.272. The van der Waals surface area contributed by atoms with Gasteiger partial charge in [0.25, 0.3) is 0 Å². The first kappa shape index (κ1) is 14.9. The van der Waals surface area contributed by atoms with Crippen molar-refractivity contribution in [2.24, 2.45) is 0 Å². The molecule has 22 heavy (non-hydrogen) atoms. The predicted molar refractivity (Wildman–Crippen MR) is 84.6 cm³/mol. The Kier molecular flexibility index (Phi) is 4.92. The summed E-state index contributed by atoms with van der Waals surface area (Å²) < 4.78 is 5.47. The lowest BCUT2D eigenvalue weighted by atomic mass is 10.1. The van der Waals surface area contributed by atoms with E-state index in [2.05, 4.69) is 37.3 Å². The van der Waals surface area contributed by atoms with Crippen molar-refractivity contribution in [2.75, 3.05) is 38.2 Å². The quantitative estimate of drug-likeness (QED) is 0.906. The number of morpholine rings is 1. The average molecular weight is 299 g/mol. The number of nitrogens with one attached hydrogen (secondary N) is 1. The third-order valence-corrected chi connectivity index (χ3v) is 3.92. The Morgan fingerprint density at radius 3 is 2.59 bits per heavy atom. The first-order chi connectivity index (χ1) is 10.8. The summed E-state index contributed by atoms with van der Waals surface area (Å²) in [5, 5.41) is 3.43. The van der Waals surface area contributed by atoms with Gasteiger partial charge in [-0.15, -0.1) is 0 Å². The van der Waals surface area contributed by atoms with Crippen molar-refractivity contribution < 1.29 is 4.74 Å². The van der Waals surface area contributed by atoms with Crippen molar-refractivity contribution in [3.63, 3.8) is 0 Å². The number of hydrogen-bond donors (Lipinski definition) is 1. The molecule has 6 heteroatoms. The van der Waals surface area contributed by atoms with Gasteiger partial charge in [0.05, 0.1) is 24.9 Å². The van der Waals surface area contributed by atoms with Crippen LogP contribution in [0.1, 0.15) is 17.3 Å². The highest BCUT2D eigenvalue weighted by molar-refractivity contribution is 5.39. The number of pyridine rings is 1. The van der Waals surface area contributed by atoms with Gasteiger partial charge in [0.1, 0.15) is 5.82 Å².